The minimum atomic E-state index is -0.253. The fourth-order valence-corrected chi connectivity index (χ4v) is 3.92. The van der Waals surface area contributed by atoms with Crippen molar-refractivity contribution in [3.8, 4) is 17.2 Å². The zero-order chi connectivity index (χ0) is 18.1. The summed E-state index contributed by atoms with van der Waals surface area (Å²) in [7, 11) is 1.50. The highest BCUT2D eigenvalue weighted by molar-refractivity contribution is 5.79. The van der Waals surface area contributed by atoms with Crippen molar-refractivity contribution in [3.05, 3.63) is 53.6 Å². The van der Waals surface area contributed by atoms with Gasteiger partial charge in [-0.1, -0.05) is 24.3 Å². The first-order valence-corrected chi connectivity index (χ1v) is 8.99. The van der Waals surface area contributed by atoms with E-state index in [2.05, 4.69) is 6.07 Å². The van der Waals surface area contributed by atoms with Gasteiger partial charge in [-0.15, -0.1) is 0 Å². The van der Waals surface area contributed by atoms with Gasteiger partial charge in [-0.2, -0.15) is 0 Å². The molecule has 1 spiro atoms. The van der Waals surface area contributed by atoms with Gasteiger partial charge in [0.25, 0.3) is 0 Å². The van der Waals surface area contributed by atoms with E-state index in [9.17, 15) is 9.90 Å². The predicted molar refractivity (Wildman–Crippen MR) is 97.7 cm³/mol. The lowest BCUT2D eigenvalue weighted by molar-refractivity contribution is -0.130. The SMILES string of the molecule is COc1cc(CC(=O)N2CC[C@@]3(CCc4ccccc4O3)C2)ccc1O. The maximum Gasteiger partial charge on any atom is 0.227 e. The Morgan fingerprint density at radius 3 is 2.96 bits per heavy atom. The number of likely N-dealkylation sites (tertiary alicyclic amines) is 1. The smallest absolute Gasteiger partial charge is 0.227 e. The van der Waals surface area contributed by atoms with Crippen LogP contribution in [0.1, 0.15) is 24.0 Å². The molecule has 0 saturated carbocycles. The van der Waals surface area contributed by atoms with E-state index < -0.39 is 0 Å². The van der Waals surface area contributed by atoms with Crippen molar-refractivity contribution in [3.63, 3.8) is 0 Å². The van der Waals surface area contributed by atoms with Gasteiger partial charge in [-0.25, -0.2) is 0 Å². The fourth-order valence-electron chi connectivity index (χ4n) is 3.92. The Kier molecular flexibility index (Phi) is 4.23. The van der Waals surface area contributed by atoms with Crippen LogP contribution in [0.5, 0.6) is 17.2 Å². The van der Waals surface area contributed by atoms with Gasteiger partial charge in [0, 0.05) is 13.0 Å². The van der Waals surface area contributed by atoms with Gasteiger partial charge in [-0.05, 0) is 42.2 Å². The molecular formula is C21H23NO4. The van der Waals surface area contributed by atoms with Crippen molar-refractivity contribution in [1.29, 1.82) is 0 Å². The zero-order valence-electron chi connectivity index (χ0n) is 14.9. The highest BCUT2D eigenvalue weighted by Crippen LogP contribution is 2.38. The number of nitrogens with zero attached hydrogens (tertiary/aromatic N) is 1. The van der Waals surface area contributed by atoms with Crippen molar-refractivity contribution in [2.24, 2.45) is 0 Å². The van der Waals surface area contributed by atoms with E-state index in [1.807, 2.05) is 23.1 Å². The molecule has 2 heterocycles. The van der Waals surface area contributed by atoms with Crippen molar-refractivity contribution in [1.82, 2.24) is 4.90 Å². The van der Waals surface area contributed by atoms with E-state index in [4.69, 9.17) is 9.47 Å². The van der Waals surface area contributed by atoms with Gasteiger partial charge in [-0.3, -0.25) is 4.79 Å². The number of ether oxygens (including phenoxy) is 2. The Morgan fingerprint density at radius 2 is 2.12 bits per heavy atom. The van der Waals surface area contributed by atoms with E-state index >= 15 is 0 Å². The van der Waals surface area contributed by atoms with E-state index in [1.54, 1.807) is 18.2 Å². The molecule has 0 radical (unpaired) electrons. The number of hydrogen-bond acceptors (Lipinski definition) is 4. The Balaban J connectivity index is 1.43. The molecule has 5 nitrogen and oxygen atoms in total. The molecule has 2 aliphatic heterocycles. The molecule has 136 valence electrons. The van der Waals surface area contributed by atoms with Crippen LogP contribution in [-0.4, -0.2) is 41.7 Å². The first kappa shape index (κ1) is 16.8. The van der Waals surface area contributed by atoms with Gasteiger partial charge in [0.2, 0.25) is 5.91 Å². The molecule has 1 amide bonds. The van der Waals surface area contributed by atoms with Crippen molar-refractivity contribution in [2.45, 2.75) is 31.3 Å². The van der Waals surface area contributed by atoms with Crippen LogP contribution in [0.15, 0.2) is 42.5 Å². The average Bonchev–Trinajstić information content (AvgIpc) is 3.06. The lowest BCUT2D eigenvalue weighted by atomic mass is 9.90. The molecule has 2 aromatic rings. The normalized spacial score (nSPS) is 21.3. The number of phenolic OH excluding ortho intramolecular Hbond substituents is 1. The minimum Gasteiger partial charge on any atom is -0.504 e. The lowest BCUT2D eigenvalue weighted by Gasteiger charge is -2.35. The third kappa shape index (κ3) is 3.09. The number of amides is 1. The molecular weight excluding hydrogens is 330 g/mol. The molecule has 2 aliphatic rings. The molecule has 1 N–H and O–H groups in total. The van der Waals surface area contributed by atoms with Crippen LogP contribution in [0, 0.1) is 0 Å². The van der Waals surface area contributed by atoms with Crippen molar-refractivity contribution >= 4 is 5.91 Å². The minimum absolute atomic E-state index is 0.0806. The molecule has 4 rings (SSSR count). The Hall–Kier alpha value is -2.69. The summed E-state index contributed by atoms with van der Waals surface area (Å²) in [6, 6.07) is 13.2. The summed E-state index contributed by atoms with van der Waals surface area (Å²) in [6.45, 7) is 1.35. The maximum atomic E-state index is 12.7. The third-order valence-corrected chi connectivity index (χ3v) is 5.42. The third-order valence-electron chi connectivity index (χ3n) is 5.42. The number of methoxy groups -OCH3 is 1. The first-order chi connectivity index (χ1) is 12.6. The number of rotatable bonds is 3. The monoisotopic (exact) mass is 353 g/mol. The van der Waals surface area contributed by atoms with E-state index in [0.717, 1.165) is 37.1 Å². The summed E-state index contributed by atoms with van der Waals surface area (Å²) in [5, 5.41) is 9.69. The summed E-state index contributed by atoms with van der Waals surface area (Å²) in [6.07, 6.45) is 3.10. The number of para-hydroxylation sites is 1. The van der Waals surface area contributed by atoms with Crippen LogP contribution in [-0.2, 0) is 17.6 Å². The van der Waals surface area contributed by atoms with Crippen molar-refractivity contribution < 1.29 is 19.4 Å². The van der Waals surface area contributed by atoms with Crippen LogP contribution in [0.4, 0.5) is 0 Å². The van der Waals surface area contributed by atoms with Crippen LogP contribution < -0.4 is 9.47 Å². The average molecular weight is 353 g/mol. The van der Waals surface area contributed by atoms with Gasteiger partial charge in [0.1, 0.15) is 11.4 Å². The Labute approximate surface area is 153 Å². The number of phenols is 1. The van der Waals surface area contributed by atoms with Crippen LogP contribution in [0.2, 0.25) is 0 Å². The molecule has 1 atom stereocenters. The quantitative estimate of drug-likeness (QED) is 0.922. The summed E-state index contributed by atoms with van der Waals surface area (Å²) in [5.41, 5.74) is 1.83. The molecule has 0 aromatic heterocycles. The van der Waals surface area contributed by atoms with E-state index in [1.165, 1.54) is 12.7 Å². The number of fused-ring (bicyclic) bond motifs is 1. The second kappa shape index (κ2) is 6.56. The standard InChI is InChI=1S/C21H23NO4/c1-25-19-12-15(6-7-17(19)23)13-20(24)22-11-10-21(14-22)9-8-16-4-2-3-5-18(16)26-21/h2-7,12,23H,8-11,13-14H2,1H3/t21-/m0/s1. The van der Waals surface area contributed by atoms with Gasteiger partial charge in [0.05, 0.1) is 20.1 Å². The molecule has 1 fully saturated rings. The number of carbonyl (C=O) groups excluding carboxylic acids is 1. The Bertz CT molecular complexity index is 835. The van der Waals surface area contributed by atoms with Gasteiger partial charge >= 0.3 is 0 Å². The number of hydrogen-bond donors (Lipinski definition) is 1. The van der Waals surface area contributed by atoms with E-state index in [-0.39, 0.29) is 17.3 Å². The number of aromatic hydroxyl groups is 1. The fraction of sp³-hybridized carbons (Fsp3) is 0.381. The van der Waals surface area contributed by atoms with Gasteiger partial charge < -0.3 is 19.5 Å². The summed E-state index contributed by atoms with van der Waals surface area (Å²) in [4.78, 5) is 14.6. The van der Waals surface area contributed by atoms with Gasteiger partial charge in [0.15, 0.2) is 11.5 Å². The zero-order valence-corrected chi connectivity index (χ0v) is 14.9. The lowest BCUT2D eigenvalue weighted by Crippen LogP contribution is -2.43. The number of carbonyl (C=O) groups is 1. The number of benzene rings is 2. The summed E-state index contributed by atoms with van der Waals surface area (Å²) >= 11 is 0. The second-order valence-corrected chi connectivity index (χ2v) is 7.14. The predicted octanol–water partition coefficient (Wildman–Crippen LogP) is 2.94. The second-order valence-electron chi connectivity index (χ2n) is 7.14. The molecule has 5 heteroatoms. The van der Waals surface area contributed by atoms with Crippen LogP contribution in [0.25, 0.3) is 0 Å². The molecule has 0 bridgehead atoms. The highest BCUT2D eigenvalue weighted by Gasteiger charge is 2.43. The van der Waals surface area contributed by atoms with Crippen LogP contribution >= 0.6 is 0 Å². The Morgan fingerprint density at radius 1 is 1.27 bits per heavy atom. The molecule has 2 aromatic carbocycles. The highest BCUT2D eigenvalue weighted by atomic mass is 16.5. The van der Waals surface area contributed by atoms with Crippen molar-refractivity contribution in [2.75, 3.05) is 20.2 Å². The molecule has 0 unspecified atom stereocenters. The summed E-state index contributed by atoms with van der Waals surface area (Å²) in [5.74, 6) is 1.51. The molecule has 26 heavy (non-hydrogen) atoms. The maximum absolute atomic E-state index is 12.7. The van der Waals surface area contributed by atoms with Crippen LogP contribution in [0.3, 0.4) is 0 Å². The summed E-state index contributed by atoms with van der Waals surface area (Å²) < 4.78 is 11.4. The largest absolute Gasteiger partial charge is 0.504 e. The first-order valence-electron chi connectivity index (χ1n) is 8.99. The molecule has 0 aliphatic carbocycles. The molecule has 1 saturated heterocycles. The number of aryl methyl sites for hydroxylation is 1. The van der Waals surface area contributed by atoms with E-state index in [0.29, 0.717) is 18.7 Å². The topological polar surface area (TPSA) is 59.0 Å².